The number of nitrogens with one attached hydrogen (secondary N) is 2. The molecular weight excluding hydrogens is 310 g/mol. The van der Waals surface area contributed by atoms with Crippen LogP contribution < -0.4 is 20.1 Å². The van der Waals surface area contributed by atoms with Gasteiger partial charge in [0.25, 0.3) is 11.8 Å². The first-order valence-corrected chi connectivity index (χ1v) is 7.60. The highest BCUT2D eigenvalue weighted by Gasteiger charge is 2.27. The Kier molecular flexibility index (Phi) is 4.33. The maximum atomic E-state index is 12.6. The normalized spacial score (nSPS) is 15.8. The molecule has 1 aliphatic rings. The fraction of sp³-hybridized carbons (Fsp3) is 0.235. The Morgan fingerprint density at radius 3 is 3.00 bits per heavy atom. The Morgan fingerprint density at radius 1 is 1.38 bits per heavy atom. The highest BCUT2D eigenvalue weighted by molar-refractivity contribution is 6.09. The Labute approximate surface area is 139 Å². The number of hydrogen-bond donors (Lipinski definition) is 2. The van der Waals surface area contributed by atoms with Crippen molar-refractivity contribution in [3.8, 4) is 11.6 Å². The molecule has 2 amide bonds. The molecule has 0 spiro atoms. The van der Waals surface area contributed by atoms with Gasteiger partial charge < -0.3 is 20.1 Å². The maximum Gasteiger partial charge on any atom is 0.265 e. The Bertz CT molecular complexity index is 791. The number of fused-ring (bicyclic) bond motifs is 1. The minimum atomic E-state index is -0.663. The van der Waals surface area contributed by atoms with Crippen LogP contribution in [0.5, 0.6) is 11.6 Å². The number of anilines is 2. The van der Waals surface area contributed by atoms with Crippen LogP contribution in [0.1, 0.15) is 24.2 Å². The number of carbonyl (C=O) groups is 2. The van der Waals surface area contributed by atoms with E-state index in [1.54, 1.807) is 43.5 Å². The average molecular weight is 327 g/mol. The van der Waals surface area contributed by atoms with E-state index in [1.807, 2.05) is 6.92 Å². The molecule has 24 heavy (non-hydrogen) atoms. The quantitative estimate of drug-likeness (QED) is 0.900. The largest absolute Gasteiger partial charge is 0.478 e. The predicted molar refractivity (Wildman–Crippen MR) is 88.5 cm³/mol. The fourth-order valence-electron chi connectivity index (χ4n) is 2.33. The second-order valence-electron chi connectivity index (χ2n) is 5.17. The van der Waals surface area contributed by atoms with Gasteiger partial charge in [-0.3, -0.25) is 9.59 Å². The van der Waals surface area contributed by atoms with Crippen LogP contribution in [0.25, 0.3) is 0 Å². The van der Waals surface area contributed by atoms with Gasteiger partial charge in [0.2, 0.25) is 5.88 Å². The summed E-state index contributed by atoms with van der Waals surface area (Å²) in [6.07, 6.45) is 0.926. The first-order valence-electron chi connectivity index (χ1n) is 7.60. The van der Waals surface area contributed by atoms with Gasteiger partial charge in [0.1, 0.15) is 5.69 Å². The molecule has 0 saturated heterocycles. The molecule has 1 aromatic heterocycles. The number of para-hydroxylation sites is 1. The zero-order valence-corrected chi connectivity index (χ0v) is 13.3. The minimum absolute atomic E-state index is 0.244. The van der Waals surface area contributed by atoms with Crippen molar-refractivity contribution in [3.05, 3.63) is 42.1 Å². The highest BCUT2D eigenvalue weighted by atomic mass is 16.5. The van der Waals surface area contributed by atoms with Crippen molar-refractivity contribution in [3.63, 3.8) is 0 Å². The van der Waals surface area contributed by atoms with Crippen molar-refractivity contribution < 1.29 is 19.1 Å². The standard InChI is InChI=1S/C17H17N3O4/c1-3-23-17-13(8-5-9-18-17)20-16(22)11-6-4-7-12-14(11)24-10(2)15(21)19-12/h4-10H,3H2,1-2H3,(H,19,21)(H,20,22)/t10-/m1/s1. The molecule has 2 heterocycles. The molecule has 7 heteroatoms. The van der Waals surface area contributed by atoms with E-state index < -0.39 is 6.10 Å². The molecule has 1 aliphatic heterocycles. The summed E-state index contributed by atoms with van der Waals surface area (Å²) in [5, 5.41) is 5.49. The van der Waals surface area contributed by atoms with Gasteiger partial charge in [0, 0.05) is 6.20 Å². The first kappa shape index (κ1) is 15.8. The Hall–Kier alpha value is -3.09. The molecule has 0 fully saturated rings. The van der Waals surface area contributed by atoms with E-state index in [0.29, 0.717) is 35.2 Å². The molecule has 1 aromatic carbocycles. The smallest absolute Gasteiger partial charge is 0.265 e. The van der Waals surface area contributed by atoms with E-state index in [1.165, 1.54) is 0 Å². The van der Waals surface area contributed by atoms with Crippen molar-refractivity contribution in [2.24, 2.45) is 0 Å². The fourth-order valence-corrected chi connectivity index (χ4v) is 2.33. The molecule has 3 rings (SSSR count). The van der Waals surface area contributed by atoms with Gasteiger partial charge in [-0.05, 0) is 38.1 Å². The van der Waals surface area contributed by atoms with Gasteiger partial charge in [-0.2, -0.15) is 0 Å². The SMILES string of the molecule is CCOc1ncccc1NC(=O)c1cccc2c1O[C@H](C)C(=O)N2. The van der Waals surface area contributed by atoms with E-state index in [9.17, 15) is 9.59 Å². The average Bonchev–Trinajstić information content (AvgIpc) is 2.57. The van der Waals surface area contributed by atoms with Gasteiger partial charge in [-0.15, -0.1) is 0 Å². The molecule has 0 aliphatic carbocycles. The van der Waals surface area contributed by atoms with Crippen LogP contribution in [0, 0.1) is 0 Å². The third-order valence-corrected chi connectivity index (χ3v) is 3.48. The summed E-state index contributed by atoms with van der Waals surface area (Å²) in [7, 11) is 0. The zero-order chi connectivity index (χ0) is 17.1. The number of hydrogen-bond acceptors (Lipinski definition) is 5. The van der Waals surface area contributed by atoms with Gasteiger partial charge in [-0.1, -0.05) is 6.07 Å². The Morgan fingerprint density at radius 2 is 2.21 bits per heavy atom. The van der Waals surface area contributed by atoms with Crippen molar-refractivity contribution >= 4 is 23.2 Å². The number of nitrogens with zero attached hydrogens (tertiary/aromatic N) is 1. The molecule has 124 valence electrons. The van der Waals surface area contributed by atoms with E-state index in [4.69, 9.17) is 9.47 Å². The zero-order valence-electron chi connectivity index (χ0n) is 13.3. The molecular formula is C17H17N3O4. The number of amides is 2. The molecule has 0 radical (unpaired) electrons. The van der Waals surface area contributed by atoms with Crippen molar-refractivity contribution in [1.29, 1.82) is 0 Å². The topological polar surface area (TPSA) is 89.6 Å². The molecule has 0 bridgehead atoms. The van der Waals surface area contributed by atoms with Gasteiger partial charge in [0.05, 0.1) is 17.9 Å². The predicted octanol–water partition coefficient (Wildman–Crippen LogP) is 2.45. The number of benzene rings is 1. The molecule has 0 saturated carbocycles. The summed E-state index contributed by atoms with van der Waals surface area (Å²) in [6.45, 7) is 3.90. The van der Waals surface area contributed by atoms with Gasteiger partial charge >= 0.3 is 0 Å². The number of ether oxygens (including phenoxy) is 2. The van der Waals surface area contributed by atoms with Crippen LogP contribution in [0.4, 0.5) is 11.4 Å². The lowest BCUT2D eigenvalue weighted by Crippen LogP contribution is -2.35. The third-order valence-electron chi connectivity index (χ3n) is 3.48. The molecule has 0 unspecified atom stereocenters. The van der Waals surface area contributed by atoms with Crippen molar-refractivity contribution in [2.45, 2.75) is 20.0 Å². The molecule has 1 atom stereocenters. The highest BCUT2D eigenvalue weighted by Crippen LogP contribution is 2.34. The van der Waals surface area contributed by atoms with Crippen LogP contribution >= 0.6 is 0 Å². The molecule has 2 aromatic rings. The Balaban J connectivity index is 1.90. The number of rotatable bonds is 4. The van der Waals surface area contributed by atoms with Gasteiger partial charge in [-0.25, -0.2) is 4.98 Å². The summed E-state index contributed by atoms with van der Waals surface area (Å²) in [6, 6.07) is 8.41. The third kappa shape index (κ3) is 3.01. The lowest BCUT2D eigenvalue weighted by Gasteiger charge is -2.25. The second kappa shape index (κ2) is 6.57. The summed E-state index contributed by atoms with van der Waals surface area (Å²) >= 11 is 0. The van der Waals surface area contributed by atoms with Crippen LogP contribution in [0.3, 0.4) is 0 Å². The van der Waals surface area contributed by atoms with Crippen LogP contribution in [-0.2, 0) is 4.79 Å². The minimum Gasteiger partial charge on any atom is -0.478 e. The lowest BCUT2D eigenvalue weighted by atomic mass is 10.1. The maximum absolute atomic E-state index is 12.6. The first-order chi connectivity index (χ1) is 11.6. The summed E-state index contributed by atoms with van der Waals surface area (Å²) in [4.78, 5) is 28.4. The van der Waals surface area contributed by atoms with Crippen LogP contribution in [0.2, 0.25) is 0 Å². The summed E-state index contributed by atoms with van der Waals surface area (Å²) in [5.74, 6) is 0.0831. The van der Waals surface area contributed by atoms with E-state index >= 15 is 0 Å². The molecule has 7 nitrogen and oxygen atoms in total. The lowest BCUT2D eigenvalue weighted by molar-refractivity contribution is -0.122. The van der Waals surface area contributed by atoms with Crippen LogP contribution in [-0.4, -0.2) is 29.5 Å². The van der Waals surface area contributed by atoms with Crippen molar-refractivity contribution in [2.75, 3.05) is 17.2 Å². The number of pyridine rings is 1. The van der Waals surface area contributed by atoms with E-state index in [2.05, 4.69) is 15.6 Å². The van der Waals surface area contributed by atoms with Crippen molar-refractivity contribution in [1.82, 2.24) is 4.98 Å². The van der Waals surface area contributed by atoms with E-state index in [-0.39, 0.29) is 11.8 Å². The van der Waals surface area contributed by atoms with Gasteiger partial charge in [0.15, 0.2) is 11.9 Å². The van der Waals surface area contributed by atoms with E-state index in [0.717, 1.165) is 0 Å². The number of aromatic nitrogens is 1. The molecule has 2 N–H and O–H groups in total. The summed E-state index contributed by atoms with van der Waals surface area (Å²) in [5.41, 5.74) is 1.27. The monoisotopic (exact) mass is 327 g/mol. The number of carbonyl (C=O) groups excluding carboxylic acids is 2. The summed E-state index contributed by atoms with van der Waals surface area (Å²) < 4.78 is 11.0. The van der Waals surface area contributed by atoms with Crippen LogP contribution in [0.15, 0.2) is 36.5 Å². The second-order valence-corrected chi connectivity index (χ2v) is 5.17.